The number of thioether (sulfide) groups is 1. The Labute approximate surface area is 105 Å². The Kier molecular flexibility index (Phi) is 4.51. The van der Waals surface area contributed by atoms with E-state index >= 15 is 0 Å². The van der Waals surface area contributed by atoms with Crippen molar-refractivity contribution in [2.75, 3.05) is 28.2 Å². The first-order valence-electron chi connectivity index (χ1n) is 5.06. The van der Waals surface area contributed by atoms with Crippen LogP contribution in [0.15, 0.2) is 29.2 Å². The minimum Gasteiger partial charge on any atom is -0.261 e. The molecule has 6 heteroatoms. The van der Waals surface area contributed by atoms with Crippen LogP contribution in [0.1, 0.15) is 0 Å². The monoisotopic (exact) mass is 254 g/mol. The van der Waals surface area contributed by atoms with E-state index in [2.05, 4.69) is 0 Å². The van der Waals surface area contributed by atoms with Crippen LogP contribution < -0.4 is 0 Å². The summed E-state index contributed by atoms with van der Waals surface area (Å²) in [6, 6.07) is 6.76. The van der Waals surface area contributed by atoms with Gasteiger partial charge in [-0.3, -0.25) is 19.6 Å². The normalized spacial score (nSPS) is 9.88. The molecule has 0 aliphatic rings. The first-order chi connectivity index (χ1) is 7.93. The van der Waals surface area contributed by atoms with Gasteiger partial charge >= 0.3 is 5.17 Å². The molecule has 0 radical (unpaired) electrons. The maximum atomic E-state index is 10.9. The third-order valence-corrected chi connectivity index (χ3v) is 3.51. The molecule has 17 heavy (non-hydrogen) atoms. The number of para-hydroxylation sites is 1. The molecule has 0 unspecified atom stereocenters. The van der Waals surface area contributed by atoms with Crippen LogP contribution in [-0.2, 0) is 0 Å². The number of amidine groups is 1. The lowest BCUT2D eigenvalue weighted by atomic mass is 10.3. The minimum absolute atomic E-state index is 0.138. The molecule has 0 atom stereocenters. The van der Waals surface area contributed by atoms with E-state index in [-0.39, 0.29) is 10.6 Å². The van der Waals surface area contributed by atoms with Crippen molar-refractivity contribution in [3.63, 3.8) is 0 Å². The van der Waals surface area contributed by atoms with E-state index in [9.17, 15) is 10.1 Å². The highest BCUT2D eigenvalue weighted by atomic mass is 32.2. The summed E-state index contributed by atoms with van der Waals surface area (Å²) in [5.74, 6) is 0. The van der Waals surface area contributed by atoms with Crippen molar-refractivity contribution >= 4 is 22.6 Å². The van der Waals surface area contributed by atoms with Crippen molar-refractivity contribution in [2.45, 2.75) is 4.90 Å². The molecule has 0 spiro atoms. The molecular formula is C11H16N3O2S+. The lowest BCUT2D eigenvalue weighted by molar-refractivity contribution is -0.466. The second kappa shape index (κ2) is 5.67. The highest BCUT2D eigenvalue weighted by molar-refractivity contribution is 8.13. The van der Waals surface area contributed by atoms with Crippen LogP contribution in [-0.4, -0.2) is 47.8 Å². The molecule has 5 nitrogen and oxygen atoms in total. The Bertz CT molecular complexity index is 454. The van der Waals surface area contributed by atoms with Gasteiger partial charge in [-0.2, -0.15) is 0 Å². The third kappa shape index (κ3) is 3.45. The second-order valence-corrected chi connectivity index (χ2v) is 4.91. The third-order valence-electron chi connectivity index (χ3n) is 2.03. The number of benzene rings is 1. The highest BCUT2D eigenvalue weighted by Gasteiger charge is 2.20. The van der Waals surface area contributed by atoms with E-state index in [4.69, 9.17) is 0 Å². The zero-order chi connectivity index (χ0) is 13.0. The Hall–Kier alpha value is -1.56. The Morgan fingerprint density at radius 3 is 2.35 bits per heavy atom. The molecule has 0 saturated carbocycles. The molecule has 0 N–H and O–H groups in total. The fraction of sp³-hybridized carbons (Fsp3) is 0.364. The summed E-state index contributed by atoms with van der Waals surface area (Å²) in [5.41, 5.74) is 0.138. The van der Waals surface area contributed by atoms with Crippen molar-refractivity contribution in [2.24, 2.45) is 0 Å². The van der Waals surface area contributed by atoms with Gasteiger partial charge in [0.1, 0.15) is 0 Å². The van der Waals surface area contributed by atoms with Crippen LogP contribution in [0.5, 0.6) is 0 Å². The molecule has 0 fully saturated rings. The molecule has 1 rings (SSSR count). The molecule has 0 aliphatic carbocycles. The van der Waals surface area contributed by atoms with Gasteiger partial charge in [0.2, 0.25) is 0 Å². The molecule has 0 heterocycles. The Morgan fingerprint density at radius 2 is 1.88 bits per heavy atom. The maximum Gasteiger partial charge on any atom is 0.312 e. The predicted molar refractivity (Wildman–Crippen MR) is 69.8 cm³/mol. The maximum absolute atomic E-state index is 10.9. The summed E-state index contributed by atoms with van der Waals surface area (Å²) in [5, 5.41) is 11.8. The Morgan fingerprint density at radius 1 is 1.29 bits per heavy atom. The standard InChI is InChI=1S/C11H16N3O2S/c1-12(2)11(13(3)4)17-10-8-6-5-7-9(10)14(15)16/h5-8H,1-4H3/q+1. The summed E-state index contributed by atoms with van der Waals surface area (Å²) in [4.78, 5) is 13.1. The molecule has 0 aliphatic heterocycles. The number of hydrogen-bond acceptors (Lipinski definition) is 3. The van der Waals surface area contributed by atoms with Crippen LogP contribution in [0.2, 0.25) is 0 Å². The smallest absolute Gasteiger partial charge is 0.261 e. The van der Waals surface area contributed by atoms with Gasteiger partial charge in [0.15, 0.2) is 0 Å². The van der Waals surface area contributed by atoms with Gasteiger partial charge in [-0.1, -0.05) is 12.1 Å². The fourth-order valence-electron chi connectivity index (χ4n) is 1.38. The lowest BCUT2D eigenvalue weighted by Crippen LogP contribution is -2.26. The van der Waals surface area contributed by atoms with Gasteiger partial charge < -0.3 is 0 Å². The predicted octanol–water partition coefficient (Wildman–Crippen LogP) is 1.88. The quantitative estimate of drug-likeness (QED) is 0.202. The lowest BCUT2D eigenvalue weighted by Gasteiger charge is -2.10. The molecule has 92 valence electrons. The van der Waals surface area contributed by atoms with E-state index in [1.807, 2.05) is 37.7 Å². The van der Waals surface area contributed by atoms with Crippen LogP contribution in [0.25, 0.3) is 0 Å². The van der Waals surface area contributed by atoms with Crippen molar-refractivity contribution in [3.05, 3.63) is 34.4 Å². The first-order valence-corrected chi connectivity index (χ1v) is 5.88. The van der Waals surface area contributed by atoms with Gasteiger partial charge in [0.05, 0.1) is 38.0 Å². The Balaban J connectivity index is 3.11. The van der Waals surface area contributed by atoms with Gasteiger partial charge in [-0.25, -0.2) is 0 Å². The summed E-state index contributed by atoms with van der Waals surface area (Å²) < 4.78 is 1.93. The SMILES string of the molecule is CN(C)C(Sc1ccccc1[N+](=O)[O-])=[N+](C)C. The van der Waals surface area contributed by atoms with Crippen molar-refractivity contribution in [1.82, 2.24) is 4.90 Å². The van der Waals surface area contributed by atoms with Gasteiger partial charge in [0.25, 0.3) is 5.69 Å². The number of hydrogen-bond donors (Lipinski definition) is 0. The molecule has 0 amide bonds. The van der Waals surface area contributed by atoms with Crippen LogP contribution in [0.3, 0.4) is 0 Å². The fourth-order valence-corrected chi connectivity index (χ4v) is 2.33. The highest BCUT2D eigenvalue weighted by Crippen LogP contribution is 2.29. The van der Waals surface area contributed by atoms with Gasteiger partial charge in [-0.15, -0.1) is 0 Å². The molecular weight excluding hydrogens is 238 g/mol. The average molecular weight is 254 g/mol. The zero-order valence-corrected chi connectivity index (χ0v) is 11.2. The number of rotatable bonds is 2. The molecule has 1 aromatic carbocycles. The van der Waals surface area contributed by atoms with Crippen LogP contribution >= 0.6 is 11.8 Å². The number of nitro groups is 1. The van der Waals surface area contributed by atoms with Crippen LogP contribution in [0.4, 0.5) is 5.69 Å². The first kappa shape index (κ1) is 13.5. The average Bonchev–Trinajstić information content (AvgIpc) is 2.25. The van der Waals surface area contributed by atoms with E-state index in [0.29, 0.717) is 4.90 Å². The van der Waals surface area contributed by atoms with E-state index in [1.54, 1.807) is 18.2 Å². The van der Waals surface area contributed by atoms with E-state index in [0.717, 1.165) is 5.17 Å². The van der Waals surface area contributed by atoms with Gasteiger partial charge in [-0.05, 0) is 6.07 Å². The number of nitrogens with zero attached hydrogens (tertiary/aromatic N) is 3. The summed E-state index contributed by atoms with van der Waals surface area (Å²) in [7, 11) is 7.66. The summed E-state index contributed by atoms with van der Waals surface area (Å²) >= 11 is 1.39. The summed E-state index contributed by atoms with van der Waals surface area (Å²) in [6.45, 7) is 0. The van der Waals surface area contributed by atoms with E-state index < -0.39 is 0 Å². The number of nitro benzene ring substituents is 1. The molecule has 1 aromatic rings. The van der Waals surface area contributed by atoms with Crippen molar-refractivity contribution in [3.8, 4) is 0 Å². The summed E-state index contributed by atoms with van der Waals surface area (Å²) in [6.07, 6.45) is 0. The molecule has 0 bridgehead atoms. The van der Waals surface area contributed by atoms with Gasteiger partial charge in [0, 0.05) is 17.8 Å². The largest absolute Gasteiger partial charge is 0.312 e. The molecule has 0 aromatic heterocycles. The van der Waals surface area contributed by atoms with Crippen molar-refractivity contribution < 1.29 is 9.50 Å². The zero-order valence-electron chi connectivity index (χ0n) is 10.4. The molecule has 0 saturated heterocycles. The topological polar surface area (TPSA) is 49.4 Å². The van der Waals surface area contributed by atoms with Crippen molar-refractivity contribution in [1.29, 1.82) is 0 Å². The van der Waals surface area contributed by atoms with E-state index in [1.165, 1.54) is 17.8 Å². The second-order valence-electron chi connectivity index (χ2n) is 3.90. The van der Waals surface area contributed by atoms with Crippen LogP contribution in [0, 0.1) is 10.1 Å². The minimum atomic E-state index is -0.356.